The van der Waals surface area contributed by atoms with Crippen molar-refractivity contribution in [1.29, 1.82) is 0 Å². The van der Waals surface area contributed by atoms with Gasteiger partial charge in [0.25, 0.3) is 0 Å². The molecule has 0 bridgehead atoms. The van der Waals surface area contributed by atoms with Gasteiger partial charge in [-0.25, -0.2) is 9.97 Å². The average Bonchev–Trinajstić information content (AvgIpc) is 2.89. The first-order valence-corrected chi connectivity index (χ1v) is 7.79. The summed E-state index contributed by atoms with van der Waals surface area (Å²) >= 11 is 0. The SMILES string of the molecule is Cc1ccc2c(CN3CCc4nc(C)ncc4C3)c[nH]c2c1. The molecule has 0 aliphatic carbocycles. The van der Waals surface area contributed by atoms with Gasteiger partial charge in [0.05, 0.1) is 0 Å². The molecule has 0 unspecified atom stereocenters. The molecule has 2 aromatic heterocycles. The fourth-order valence-electron chi connectivity index (χ4n) is 3.28. The Bertz CT molecular complexity index is 834. The summed E-state index contributed by atoms with van der Waals surface area (Å²) in [6, 6.07) is 6.61. The van der Waals surface area contributed by atoms with Crippen LogP contribution >= 0.6 is 0 Å². The normalized spacial score (nSPS) is 15.2. The minimum Gasteiger partial charge on any atom is -0.361 e. The van der Waals surface area contributed by atoms with Gasteiger partial charge in [-0.05, 0) is 31.0 Å². The van der Waals surface area contributed by atoms with Crippen LogP contribution in [0.1, 0.15) is 28.2 Å². The lowest BCUT2D eigenvalue weighted by Crippen LogP contribution is -2.30. The Labute approximate surface area is 130 Å². The van der Waals surface area contributed by atoms with Crippen molar-refractivity contribution in [3.63, 3.8) is 0 Å². The summed E-state index contributed by atoms with van der Waals surface area (Å²) in [5.74, 6) is 0.874. The molecule has 1 aromatic carbocycles. The van der Waals surface area contributed by atoms with Gasteiger partial charge in [-0.1, -0.05) is 12.1 Å². The van der Waals surface area contributed by atoms with Gasteiger partial charge in [0.15, 0.2) is 0 Å². The summed E-state index contributed by atoms with van der Waals surface area (Å²) in [5, 5.41) is 1.33. The number of aromatic nitrogens is 3. The quantitative estimate of drug-likeness (QED) is 0.789. The molecule has 1 aliphatic heterocycles. The number of rotatable bonds is 2. The molecule has 0 saturated heterocycles. The van der Waals surface area contributed by atoms with Gasteiger partial charge < -0.3 is 4.98 Å². The molecule has 0 atom stereocenters. The van der Waals surface area contributed by atoms with Crippen LogP contribution in [0.25, 0.3) is 10.9 Å². The van der Waals surface area contributed by atoms with Crippen molar-refractivity contribution in [3.8, 4) is 0 Å². The maximum absolute atomic E-state index is 4.56. The number of hydrogen-bond donors (Lipinski definition) is 1. The zero-order valence-corrected chi connectivity index (χ0v) is 13.1. The Morgan fingerprint density at radius 1 is 1.27 bits per heavy atom. The molecular formula is C18H20N4. The van der Waals surface area contributed by atoms with Crippen molar-refractivity contribution in [1.82, 2.24) is 19.9 Å². The van der Waals surface area contributed by atoms with E-state index in [-0.39, 0.29) is 0 Å². The number of aromatic amines is 1. The summed E-state index contributed by atoms with van der Waals surface area (Å²) in [6.07, 6.45) is 5.15. The Morgan fingerprint density at radius 2 is 2.18 bits per heavy atom. The first-order valence-electron chi connectivity index (χ1n) is 7.79. The molecule has 4 heteroatoms. The maximum Gasteiger partial charge on any atom is 0.125 e. The van der Waals surface area contributed by atoms with Gasteiger partial charge in [0.1, 0.15) is 5.82 Å². The third-order valence-corrected chi connectivity index (χ3v) is 4.45. The molecule has 1 N–H and O–H groups in total. The highest BCUT2D eigenvalue weighted by Crippen LogP contribution is 2.23. The highest BCUT2D eigenvalue weighted by molar-refractivity contribution is 5.83. The highest BCUT2D eigenvalue weighted by Gasteiger charge is 2.19. The Morgan fingerprint density at radius 3 is 3.09 bits per heavy atom. The second-order valence-electron chi connectivity index (χ2n) is 6.21. The van der Waals surface area contributed by atoms with Gasteiger partial charge >= 0.3 is 0 Å². The first kappa shape index (κ1) is 13.5. The minimum atomic E-state index is 0.874. The van der Waals surface area contributed by atoms with Crippen LogP contribution in [0.2, 0.25) is 0 Å². The smallest absolute Gasteiger partial charge is 0.125 e. The van der Waals surface area contributed by atoms with E-state index in [1.807, 2.05) is 13.1 Å². The lowest BCUT2D eigenvalue weighted by molar-refractivity contribution is 0.243. The number of benzene rings is 1. The third-order valence-electron chi connectivity index (χ3n) is 4.45. The van der Waals surface area contributed by atoms with Crippen molar-refractivity contribution in [2.75, 3.05) is 6.54 Å². The second-order valence-corrected chi connectivity index (χ2v) is 6.21. The van der Waals surface area contributed by atoms with E-state index in [2.05, 4.69) is 51.2 Å². The Kier molecular flexibility index (Phi) is 3.19. The maximum atomic E-state index is 4.56. The van der Waals surface area contributed by atoms with E-state index in [0.717, 1.165) is 31.9 Å². The van der Waals surface area contributed by atoms with Gasteiger partial charge in [-0.15, -0.1) is 0 Å². The summed E-state index contributed by atoms with van der Waals surface area (Å²) < 4.78 is 0. The van der Waals surface area contributed by atoms with Crippen molar-refractivity contribution in [2.45, 2.75) is 33.4 Å². The molecule has 1 aliphatic rings. The van der Waals surface area contributed by atoms with Gasteiger partial charge in [-0.3, -0.25) is 4.90 Å². The molecule has 112 valence electrons. The minimum absolute atomic E-state index is 0.874. The molecule has 0 radical (unpaired) electrons. The molecule has 0 amide bonds. The van der Waals surface area contributed by atoms with E-state index >= 15 is 0 Å². The number of nitrogens with one attached hydrogen (secondary N) is 1. The lowest BCUT2D eigenvalue weighted by atomic mass is 10.1. The summed E-state index contributed by atoms with van der Waals surface area (Å²) in [7, 11) is 0. The van der Waals surface area contributed by atoms with Crippen LogP contribution in [-0.2, 0) is 19.5 Å². The van der Waals surface area contributed by atoms with E-state index in [9.17, 15) is 0 Å². The molecule has 3 heterocycles. The van der Waals surface area contributed by atoms with Crippen molar-refractivity contribution >= 4 is 10.9 Å². The van der Waals surface area contributed by atoms with Crippen molar-refractivity contribution < 1.29 is 0 Å². The summed E-state index contributed by atoms with van der Waals surface area (Å²) in [5.41, 5.74) is 6.38. The first-order chi connectivity index (χ1) is 10.7. The molecule has 0 fully saturated rings. The zero-order chi connectivity index (χ0) is 15.1. The summed E-state index contributed by atoms with van der Waals surface area (Å²) in [6.45, 7) is 7.05. The average molecular weight is 292 g/mol. The number of nitrogens with zero attached hydrogens (tertiary/aromatic N) is 3. The Hall–Kier alpha value is -2.20. The third kappa shape index (κ3) is 2.40. The van der Waals surface area contributed by atoms with Gasteiger partial charge in [0, 0.05) is 60.6 Å². The van der Waals surface area contributed by atoms with Crippen LogP contribution in [0.4, 0.5) is 0 Å². The van der Waals surface area contributed by atoms with Crippen molar-refractivity contribution in [3.05, 3.63) is 58.8 Å². The molecule has 3 aromatic rings. The number of H-pyrrole nitrogens is 1. The lowest BCUT2D eigenvalue weighted by Gasteiger charge is -2.27. The molecule has 4 rings (SSSR count). The van der Waals surface area contributed by atoms with E-state index in [1.54, 1.807) is 0 Å². The van der Waals surface area contributed by atoms with Crippen LogP contribution in [-0.4, -0.2) is 26.4 Å². The molecule has 4 nitrogen and oxygen atoms in total. The van der Waals surface area contributed by atoms with Crippen LogP contribution in [0.5, 0.6) is 0 Å². The predicted octanol–water partition coefficient (Wildman–Crippen LogP) is 3.13. The topological polar surface area (TPSA) is 44.8 Å². The monoisotopic (exact) mass is 292 g/mol. The van der Waals surface area contributed by atoms with E-state index < -0.39 is 0 Å². The molecule has 0 saturated carbocycles. The predicted molar refractivity (Wildman–Crippen MR) is 87.6 cm³/mol. The van der Waals surface area contributed by atoms with Crippen molar-refractivity contribution in [2.24, 2.45) is 0 Å². The van der Waals surface area contributed by atoms with Crippen LogP contribution < -0.4 is 0 Å². The van der Waals surface area contributed by atoms with Crippen LogP contribution in [0.15, 0.2) is 30.6 Å². The van der Waals surface area contributed by atoms with Crippen LogP contribution in [0, 0.1) is 13.8 Å². The standard InChI is InChI=1S/C18H20N4/c1-12-3-4-16-14(8-20-18(16)7-12)10-22-6-5-17-15(11-22)9-19-13(2)21-17/h3-4,7-9,20H,5-6,10-11H2,1-2H3. The molecule has 22 heavy (non-hydrogen) atoms. The van der Waals surface area contributed by atoms with E-state index in [1.165, 1.54) is 33.3 Å². The van der Waals surface area contributed by atoms with E-state index in [0.29, 0.717) is 0 Å². The second kappa shape index (κ2) is 5.21. The summed E-state index contributed by atoms with van der Waals surface area (Å²) in [4.78, 5) is 14.8. The highest BCUT2D eigenvalue weighted by atomic mass is 15.1. The molecular weight excluding hydrogens is 272 g/mol. The fraction of sp³-hybridized carbons (Fsp3) is 0.333. The fourth-order valence-corrected chi connectivity index (χ4v) is 3.28. The van der Waals surface area contributed by atoms with Crippen LogP contribution in [0.3, 0.4) is 0 Å². The largest absolute Gasteiger partial charge is 0.361 e. The molecule has 0 spiro atoms. The van der Waals surface area contributed by atoms with Gasteiger partial charge in [0.2, 0.25) is 0 Å². The number of aryl methyl sites for hydroxylation is 2. The Balaban J connectivity index is 1.57. The number of fused-ring (bicyclic) bond motifs is 2. The zero-order valence-electron chi connectivity index (χ0n) is 13.1. The van der Waals surface area contributed by atoms with Gasteiger partial charge in [-0.2, -0.15) is 0 Å². The van der Waals surface area contributed by atoms with E-state index in [4.69, 9.17) is 0 Å². The number of hydrogen-bond acceptors (Lipinski definition) is 3.